The molecule has 0 aliphatic rings. The number of nitrogens with one attached hydrogen (secondary N) is 1. The van der Waals surface area contributed by atoms with Gasteiger partial charge >= 0.3 is 0 Å². The van der Waals surface area contributed by atoms with E-state index in [2.05, 4.69) is 14.6 Å². The predicted molar refractivity (Wildman–Crippen MR) is 100 cm³/mol. The van der Waals surface area contributed by atoms with E-state index in [-0.39, 0.29) is 5.75 Å². The van der Waals surface area contributed by atoms with Crippen molar-refractivity contribution < 1.29 is 9.84 Å². The minimum atomic E-state index is 0.199. The number of phenols is 1. The second kappa shape index (κ2) is 6.84. The second-order valence-electron chi connectivity index (χ2n) is 4.88. The molecule has 1 unspecified atom stereocenters. The van der Waals surface area contributed by atoms with Crippen LogP contribution in [-0.4, -0.2) is 11.4 Å². The van der Waals surface area contributed by atoms with Gasteiger partial charge in [0.1, 0.15) is 11.5 Å². The van der Waals surface area contributed by atoms with E-state index in [9.17, 15) is 5.11 Å². The third kappa shape index (κ3) is 3.32. The first-order valence-corrected chi connectivity index (χ1v) is 8.49. The molecule has 0 radical (unpaired) electrons. The van der Waals surface area contributed by atoms with E-state index in [1.807, 2.05) is 24.3 Å². The van der Waals surface area contributed by atoms with E-state index < -0.39 is 0 Å². The lowest BCUT2D eigenvalue weighted by molar-refractivity contribution is 0.473. The Bertz CT molecular complexity index is 847. The Morgan fingerprint density at radius 2 is 1.65 bits per heavy atom. The highest BCUT2D eigenvalue weighted by atomic mass is 35.5. The van der Waals surface area contributed by atoms with Gasteiger partial charge in [0.15, 0.2) is 5.75 Å². The number of rotatable bonds is 4. The molecule has 3 aromatic rings. The average Bonchev–Trinajstić information content (AvgIpc) is 2.53. The average molecular weight is 366 g/mol. The first-order chi connectivity index (χ1) is 11.1. The smallest absolute Gasteiger partial charge is 0.164 e. The van der Waals surface area contributed by atoms with E-state index in [0.717, 1.165) is 11.1 Å². The van der Waals surface area contributed by atoms with Gasteiger partial charge in [0.25, 0.3) is 0 Å². The highest BCUT2D eigenvalue weighted by Gasteiger charge is 2.13. The minimum absolute atomic E-state index is 0.199. The fourth-order valence-corrected chi connectivity index (χ4v) is 3.13. The van der Waals surface area contributed by atoms with Crippen molar-refractivity contribution in [1.29, 1.82) is 0 Å². The van der Waals surface area contributed by atoms with Crippen molar-refractivity contribution in [2.75, 3.05) is 11.6 Å². The molecule has 0 aliphatic heterocycles. The number of hydrogen-bond acceptors (Lipinski definition) is 3. The molecule has 0 saturated carbocycles. The molecular weight excluding hydrogens is 352 g/mol. The van der Waals surface area contributed by atoms with Crippen LogP contribution in [0.2, 0.25) is 10.0 Å². The standard InChI is InChI=1S/C17H14Cl2NO2P/c18-13-7-10(20-9-23)8-14(19)17(13)22-16-6-5-15(21)11-3-1-2-4-12(11)16/h1-8,20-21H,9,23H2. The highest BCUT2D eigenvalue weighted by molar-refractivity contribution is 7.16. The molecule has 3 rings (SSSR count). The molecule has 0 amide bonds. The number of aromatic hydroxyl groups is 1. The monoisotopic (exact) mass is 365 g/mol. The zero-order chi connectivity index (χ0) is 16.4. The van der Waals surface area contributed by atoms with Gasteiger partial charge in [-0.1, -0.05) is 47.5 Å². The van der Waals surface area contributed by atoms with Crippen molar-refractivity contribution in [3.05, 3.63) is 58.6 Å². The lowest BCUT2D eigenvalue weighted by Gasteiger charge is -2.14. The number of phenolic OH excluding ortho intramolecular Hbond substituents is 1. The Balaban J connectivity index is 2.05. The predicted octanol–water partition coefficient (Wildman–Crippen LogP) is 5.89. The van der Waals surface area contributed by atoms with Crippen molar-refractivity contribution in [3.63, 3.8) is 0 Å². The van der Waals surface area contributed by atoms with Gasteiger partial charge < -0.3 is 15.2 Å². The SMILES string of the molecule is Oc1ccc(Oc2c(Cl)cc(NCP)cc2Cl)c2ccccc12. The first kappa shape index (κ1) is 16.2. The van der Waals surface area contributed by atoms with Gasteiger partial charge in [-0.2, -0.15) is 0 Å². The van der Waals surface area contributed by atoms with Crippen molar-refractivity contribution in [3.8, 4) is 17.2 Å². The van der Waals surface area contributed by atoms with E-state index in [0.29, 0.717) is 33.2 Å². The van der Waals surface area contributed by atoms with Gasteiger partial charge in [-0.15, -0.1) is 9.24 Å². The summed E-state index contributed by atoms with van der Waals surface area (Å²) in [5.41, 5.74) is 0.818. The molecule has 0 bridgehead atoms. The van der Waals surface area contributed by atoms with Gasteiger partial charge in [0.2, 0.25) is 0 Å². The van der Waals surface area contributed by atoms with E-state index in [1.54, 1.807) is 24.3 Å². The molecule has 2 N–H and O–H groups in total. The van der Waals surface area contributed by atoms with Crippen LogP contribution in [0.1, 0.15) is 0 Å². The maximum atomic E-state index is 9.95. The third-order valence-electron chi connectivity index (χ3n) is 3.38. The molecule has 3 nitrogen and oxygen atoms in total. The van der Waals surface area contributed by atoms with Crippen LogP contribution in [-0.2, 0) is 0 Å². The Hall–Kier alpha value is -1.67. The number of ether oxygens (including phenoxy) is 1. The summed E-state index contributed by atoms with van der Waals surface area (Å²) >= 11 is 12.6. The molecule has 0 aromatic heterocycles. The molecule has 6 heteroatoms. The number of hydrogen-bond donors (Lipinski definition) is 2. The molecule has 0 spiro atoms. The van der Waals surface area contributed by atoms with Gasteiger partial charge in [-0.25, -0.2) is 0 Å². The Kier molecular flexibility index (Phi) is 4.82. The number of fused-ring (bicyclic) bond motifs is 1. The van der Waals surface area contributed by atoms with Crippen LogP contribution in [0.4, 0.5) is 5.69 Å². The van der Waals surface area contributed by atoms with E-state index in [1.165, 1.54) is 0 Å². The summed E-state index contributed by atoms with van der Waals surface area (Å²) in [6.07, 6.45) is 0.690. The summed E-state index contributed by atoms with van der Waals surface area (Å²) in [6, 6.07) is 14.2. The topological polar surface area (TPSA) is 41.5 Å². The van der Waals surface area contributed by atoms with E-state index in [4.69, 9.17) is 27.9 Å². The molecule has 118 valence electrons. The van der Waals surface area contributed by atoms with Crippen LogP contribution in [0.3, 0.4) is 0 Å². The fraction of sp³-hybridized carbons (Fsp3) is 0.0588. The summed E-state index contributed by atoms with van der Waals surface area (Å²) in [7, 11) is 2.57. The Morgan fingerprint density at radius 3 is 2.30 bits per heavy atom. The van der Waals surface area contributed by atoms with Crippen molar-refractivity contribution in [1.82, 2.24) is 0 Å². The largest absolute Gasteiger partial charge is 0.507 e. The zero-order valence-corrected chi connectivity index (χ0v) is 14.7. The summed E-state index contributed by atoms with van der Waals surface area (Å²) < 4.78 is 5.93. The van der Waals surface area contributed by atoms with Gasteiger partial charge in [0, 0.05) is 22.7 Å². The maximum absolute atomic E-state index is 9.95. The maximum Gasteiger partial charge on any atom is 0.164 e. The molecular formula is C17H14Cl2NO2P. The lowest BCUT2D eigenvalue weighted by Crippen LogP contribution is -1.95. The minimum Gasteiger partial charge on any atom is -0.507 e. The summed E-state index contributed by atoms with van der Waals surface area (Å²) in [5, 5.41) is 15.4. The molecule has 0 fully saturated rings. The van der Waals surface area contributed by atoms with Gasteiger partial charge in [-0.3, -0.25) is 0 Å². The van der Waals surface area contributed by atoms with Crippen molar-refractivity contribution in [2.45, 2.75) is 0 Å². The quantitative estimate of drug-likeness (QED) is 0.566. The van der Waals surface area contributed by atoms with Gasteiger partial charge in [-0.05, 0) is 24.3 Å². The van der Waals surface area contributed by atoms with Crippen LogP contribution in [0.5, 0.6) is 17.2 Å². The highest BCUT2D eigenvalue weighted by Crippen LogP contribution is 2.41. The number of benzene rings is 3. The summed E-state index contributed by atoms with van der Waals surface area (Å²) in [5.74, 6) is 1.16. The fourth-order valence-electron chi connectivity index (χ4n) is 2.33. The number of halogens is 2. The molecule has 0 saturated heterocycles. The summed E-state index contributed by atoms with van der Waals surface area (Å²) in [4.78, 5) is 0. The Morgan fingerprint density at radius 1 is 1.00 bits per heavy atom. The molecule has 1 atom stereocenters. The molecule has 3 aromatic carbocycles. The number of anilines is 1. The second-order valence-corrected chi connectivity index (χ2v) is 6.10. The molecule has 0 aliphatic carbocycles. The van der Waals surface area contributed by atoms with Crippen molar-refractivity contribution >= 4 is 48.9 Å². The first-order valence-electron chi connectivity index (χ1n) is 6.91. The van der Waals surface area contributed by atoms with Gasteiger partial charge in [0.05, 0.1) is 10.0 Å². The lowest BCUT2D eigenvalue weighted by atomic mass is 10.1. The van der Waals surface area contributed by atoms with Crippen LogP contribution in [0.15, 0.2) is 48.5 Å². The zero-order valence-electron chi connectivity index (χ0n) is 12.0. The Labute approximate surface area is 146 Å². The normalized spacial score (nSPS) is 10.7. The van der Waals surface area contributed by atoms with Crippen LogP contribution in [0.25, 0.3) is 10.8 Å². The molecule has 0 heterocycles. The molecule has 23 heavy (non-hydrogen) atoms. The van der Waals surface area contributed by atoms with Crippen LogP contribution < -0.4 is 10.1 Å². The van der Waals surface area contributed by atoms with Crippen molar-refractivity contribution in [2.24, 2.45) is 0 Å². The van der Waals surface area contributed by atoms with E-state index >= 15 is 0 Å². The van der Waals surface area contributed by atoms with Crippen LogP contribution >= 0.6 is 32.4 Å². The third-order valence-corrected chi connectivity index (χ3v) is 4.14. The summed E-state index contributed by atoms with van der Waals surface area (Å²) in [6.45, 7) is 0. The van der Waals surface area contributed by atoms with Crippen LogP contribution in [0, 0.1) is 0 Å².